The van der Waals surface area contributed by atoms with Crippen LogP contribution in [0.15, 0.2) is 54.9 Å². The summed E-state index contributed by atoms with van der Waals surface area (Å²) in [5, 5.41) is 1.19. The molecule has 1 N–H and O–H groups in total. The zero-order chi connectivity index (χ0) is 17.6. The molecule has 1 saturated carbocycles. The van der Waals surface area contributed by atoms with Crippen LogP contribution in [0, 0.1) is 0 Å². The Labute approximate surface area is 152 Å². The molecule has 2 fully saturated rings. The molecule has 3 heterocycles. The first-order chi connectivity index (χ1) is 12.8. The molecule has 5 heteroatoms. The van der Waals surface area contributed by atoms with Gasteiger partial charge >= 0.3 is 0 Å². The van der Waals surface area contributed by atoms with Crippen LogP contribution in [-0.2, 0) is 10.2 Å². The number of carbonyl (C=O) groups is 1. The van der Waals surface area contributed by atoms with Crippen molar-refractivity contribution in [3.8, 4) is 0 Å². The minimum absolute atomic E-state index is 0.294. The third kappa shape index (κ3) is 2.38. The Hall–Kier alpha value is -2.82. The average molecular weight is 346 g/mol. The van der Waals surface area contributed by atoms with E-state index in [1.807, 2.05) is 47.6 Å². The molecule has 0 radical (unpaired) electrons. The Balaban J connectivity index is 1.34. The molecule has 0 unspecified atom stereocenters. The predicted octanol–water partition coefficient (Wildman–Crippen LogP) is 2.94. The maximum atomic E-state index is 13.3. The number of fused-ring (bicyclic) bond motifs is 1. The molecule has 1 aliphatic heterocycles. The van der Waals surface area contributed by atoms with Crippen molar-refractivity contribution in [2.24, 2.45) is 0 Å². The van der Waals surface area contributed by atoms with Crippen molar-refractivity contribution in [2.75, 3.05) is 31.1 Å². The quantitative estimate of drug-likeness (QED) is 0.793. The fraction of sp³-hybridized carbons (Fsp3) is 0.333. The van der Waals surface area contributed by atoms with Gasteiger partial charge in [-0.2, -0.15) is 0 Å². The highest BCUT2D eigenvalue weighted by atomic mass is 16.2. The molecule has 5 nitrogen and oxygen atoms in total. The van der Waals surface area contributed by atoms with Gasteiger partial charge in [-0.15, -0.1) is 0 Å². The van der Waals surface area contributed by atoms with E-state index in [2.05, 4.69) is 27.0 Å². The van der Waals surface area contributed by atoms with Crippen LogP contribution in [0.4, 0.5) is 5.82 Å². The summed E-state index contributed by atoms with van der Waals surface area (Å²) in [6.45, 7) is 3.21. The van der Waals surface area contributed by atoms with E-state index in [1.165, 1.54) is 10.9 Å². The molecule has 132 valence electrons. The van der Waals surface area contributed by atoms with Gasteiger partial charge in [0.1, 0.15) is 5.82 Å². The average Bonchev–Trinajstić information content (AvgIpc) is 3.40. The number of nitrogens with one attached hydrogen (secondary N) is 1. The summed E-state index contributed by atoms with van der Waals surface area (Å²) < 4.78 is 0. The van der Waals surface area contributed by atoms with Gasteiger partial charge in [0.05, 0.1) is 5.41 Å². The SMILES string of the molecule is O=C(N1CCN(c2ccccn2)CC1)C1(c2c[nH]c3ccccc23)CC1. The van der Waals surface area contributed by atoms with Gasteiger partial charge in [-0.3, -0.25) is 4.79 Å². The van der Waals surface area contributed by atoms with Crippen LogP contribution < -0.4 is 4.90 Å². The van der Waals surface area contributed by atoms with Gasteiger partial charge in [0, 0.05) is 49.5 Å². The molecule has 0 atom stereocenters. The van der Waals surface area contributed by atoms with Crippen LogP contribution in [0.5, 0.6) is 0 Å². The summed E-state index contributed by atoms with van der Waals surface area (Å²) in [4.78, 5) is 25.4. The summed E-state index contributed by atoms with van der Waals surface area (Å²) in [5.41, 5.74) is 1.97. The van der Waals surface area contributed by atoms with Crippen molar-refractivity contribution < 1.29 is 4.79 Å². The first kappa shape index (κ1) is 15.4. The van der Waals surface area contributed by atoms with Crippen LogP contribution in [-0.4, -0.2) is 47.0 Å². The molecular formula is C21H22N4O. The van der Waals surface area contributed by atoms with Crippen molar-refractivity contribution in [3.05, 3.63) is 60.4 Å². The molecular weight excluding hydrogens is 324 g/mol. The van der Waals surface area contributed by atoms with E-state index in [4.69, 9.17) is 0 Å². The largest absolute Gasteiger partial charge is 0.361 e. The number of para-hydroxylation sites is 1. The number of anilines is 1. The number of nitrogens with zero attached hydrogens (tertiary/aromatic N) is 3. The van der Waals surface area contributed by atoms with Crippen molar-refractivity contribution in [2.45, 2.75) is 18.3 Å². The number of benzene rings is 1. The maximum Gasteiger partial charge on any atom is 0.233 e. The number of rotatable bonds is 3. The lowest BCUT2D eigenvalue weighted by Gasteiger charge is -2.37. The molecule has 1 aromatic carbocycles. The highest BCUT2D eigenvalue weighted by Crippen LogP contribution is 2.51. The Kier molecular flexibility index (Phi) is 3.48. The number of hydrogen-bond acceptors (Lipinski definition) is 3. The zero-order valence-corrected chi connectivity index (χ0v) is 14.7. The summed E-state index contributed by atoms with van der Waals surface area (Å²) in [7, 11) is 0. The number of H-pyrrole nitrogens is 1. The third-order valence-electron chi connectivity index (χ3n) is 5.80. The smallest absolute Gasteiger partial charge is 0.233 e. The Morgan fingerprint density at radius 3 is 2.50 bits per heavy atom. The van der Waals surface area contributed by atoms with Gasteiger partial charge in [0.2, 0.25) is 5.91 Å². The van der Waals surface area contributed by atoms with Gasteiger partial charge in [-0.05, 0) is 36.6 Å². The van der Waals surface area contributed by atoms with E-state index < -0.39 is 0 Å². The predicted molar refractivity (Wildman–Crippen MR) is 102 cm³/mol. The fourth-order valence-corrected chi connectivity index (χ4v) is 4.17. The van der Waals surface area contributed by atoms with E-state index >= 15 is 0 Å². The molecule has 3 aromatic rings. The zero-order valence-electron chi connectivity index (χ0n) is 14.7. The monoisotopic (exact) mass is 346 g/mol. The van der Waals surface area contributed by atoms with Crippen LogP contribution in [0.25, 0.3) is 10.9 Å². The highest BCUT2D eigenvalue weighted by Gasteiger charge is 2.54. The third-order valence-corrected chi connectivity index (χ3v) is 5.80. The van der Waals surface area contributed by atoms with E-state index in [0.717, 1.165) is 50.4 Å². The number of pyridine rings is 1. The molecule has 26 heavy (non-hydrogen) atoms. The van der Waals surface area contributed by atoms with Crippen LogP contribution >= 0.6 is 0 Å². The molecule has 1 amide bonds. The maximum absolute atomic E-state index is 13.3. The van der Waals surface area contributed by atoms with Crippen LogP contribution in [0.1, 0.15) is 18.4 Å². The topological polar surface area (TPSA) is 52.2 Å². The number of hydrogen-bond donors (Lipinski definition) is 1. The Bertz CT molecular complexity index is 937. The first-order valence-electron chi connectivity index (χ1n) is 9.30. The number of aromatic nitrogens is 2. The first-order valence-corrected chi connectivity index (χ1v) is 9.30. The van der Waals surface area contributed by atoms with Gasteiger partial charge < -0.3 is 14.8 Å². The van der Waals surface area contributed by atoms with Crippen molar-refractivity contribution in [1.29, 1.82) is 0 Å². The molecule has 0 spiro atoms. The van der Waals surface area contributed by atoms with Crippen molar-refractivity contribution in [1.82, 2.24) is 14.9 Å². The number of carbonyl (C=O) groups excluding carboxylic acids is 1. The second-order valence-corrected chi connectivity index (χ2v) is 7.30. The lowest BCUT2D eigenvalue weighted by atomic mass is 9.93. The fourth-order valence-electron chi connectivity index (χ4n) is 4.17. The number of amides is 1. The molecule has 2 aromatic heterocycles. The normalized spacial score (nSPS) is 18.9. The summed E-state index contributed by atoms with van der Waals surface area (Å²) in [6.07, 6.45) is 5.77. The second-order valence-electron chi connectivity index (χ2n) is 7.30. The van der Waals surface area contributed by atoms with E-state index in [9.17, 15) is 4.79 Å². The number of piperazine rings is 1. The van der Waals surface area contributed by atoms with Crippen molar-refractivity contribution in [3.63, 3.8) is 0 Å². The standard InChI is InChI=1S/C21H22N4O/c26-20(25-13-11-24(12-14-25)19-7-3-4-10-22-19)21(8-9-21)17-15-23-18-6-2-1-5-16(17)18/h1-7,10,15,23H,8-9,11-14H2. The minimum atomic E-state index is -0.313. The van der Waals surface area contributed by atoms with E-state index in [-0.39, 0.29) is 5.41 Å². The van der Waals surface area contributed by atoms with Crippen LogP contribution in [0.2, 0.25) is 0 Å². The van der Waals surface area contributed by atoms with Gasteiger partial charge in [-0.25, -0.2) is 4.98 Å². The molecule has 5 rings (SSSR count). The van der Waals surface area contributed by atoms with E-state index in [1.54, 1.807) is 0 Å². The minimum Gasteiger partial charge on any atom is -0.361 e. The summed E-state index contributed by atoms with van der Waals surface area (Å²) >= 11 is 0. The van der Waals surface area contributed by atoms with Gasteiger partial charge in [0.25, 0.3) is 0 Å². The van der Waals surface area contributed by atoms with E-state index in [0.29, 0.717) is 5.91 Å². The summed E-state index contributed by atoms with van der Waals surface area (Å²) in [5.74, 6) is 1.29. The lowest BCUT2D eigenvalue weighted by Crippen LogP contribution is -2.51. The molecule has 1 saturated heterocycles. The van der Waals surface area contributed by atoms with Gasteiger partial charge in [0.15, 0.2) is 0 Å². The Morgan fingerprint density at radius 2 is 1.77 bits per heavy atom. The second kappa shape index (κ2) is 5.87. The molecule has 1 aliphatic carbocycles. The molecule has 2 aliphatic rings. The highest BCUT2D eigenvalue weighted by molar-refractivity contribution is 5.97. The van der Waals surface area contributed by atoms with Crippen molar-refractivity contribution >= 4 is 22.6 Å². The molecule has 0 bridgehead atoms. The van der Waals surface area contributed by atoms with Crippen LogP contribution in [0.3, 0.4) is 0 Å². The lowest BCUT2D eigenvalue weighted by molar-refractivity contribution is -0.134. The van der Waals surface area contributed by atoms with Gasteiger partial charge in [-0.1, -0.05) is 24.3 Å². The number of aromatic amines is 1. The summed E-state index contributed by atoms with van der Waals surface area (Å²) in [6, 6.07) is 14.2. The Morgan fingerprint density at radius 1 is 1.00 bits per heavy atom.